The van der Waals surface area contributed by atoms with Crippen molar-refractivity contribution in [2.45, 2.75) is 18.1 Å². The van der Waals surface area contributed by atoms with Crippen LogP contribution < -0.4 is 4.74 Å². The van der Waals surface area contributed by atoms with Crippen LogP contribution in [0.1, 0.15) is 23.8 Å². The minimum absolute atomic E-state index is 0.574. The largest absolute Gasteiger partial charge is 0.482 e. The van der Waals surface area contributed by atoms with E-state index in [1.165, 1.54) is 24.3 Å². The maximum absolute atomic E-state index is 5.32. The second kappa shape index (κ2) is 4.01. The Labute approximate surface area is 98.8 Å². The fourth-order valence-corrected chi connectivity index (χ4v) is 3.37. The van der Waals surface area contributed by atoms with Crippen LogP contribution in [0.25, 0.3) is 5.65 Å². The summed E-state index contributed by atoms with van der Waals surface area (Å²) in [5.74, 6) is 2.11. The standard InChI is InChI=1S/C12H14N2OS/c1-15-12-6-2-5-11-13-9(8-14(11)12)10-4-3-7-16-10/h2,5-6,8,10H,3-4,7H2,1H3. The minimum atomic E-state index is 0.574. The number of ether oxygens (including phenoxy) is 1. The zero-order valence-electron chi connectivity index (χ0n) is 9.22. The summed E-state index contributed by atoms with van der Waals surface area (Å²) in [5, 5.41) is 0.574. The number of hydrogen-bond donors (Lipinski definition) is 0. The lowest BCUT2D eigenvalue weighted by Crippen LogP contribution is -1.91. The summed E-state index contributed by atoms with van der Waals surface area (Å²) in [6.45, 7) is 0. The number of hydrogen-bond acceptors (Lipinski definition) is 3. The molecule has 4 heteroatoms. The summed E-state index contributed by atoms with van der Waals surface area (Å²) in [5.41, 5.74) is 2.16. The van der Waals surface area contributed by atoms with Crippen molar-refractivity contribution in [2.75, 3.05) is 12.9 Å². The molecular formula is C12H14N2OS. The van der Waals surface area contributed by atoms with Gasteiger partial charge in [0.05, 0.1) is 12.8 Å². The van der Waals surface area contributed by atoms with Crippen molar-refractivity contribution in [2.24, 2.45) is 0 Å². The fourth-order valence-electron chi connectivity index (χ4n) is 2.14. The molecule has 0 amide bonds. The van der Waals surface area contributed by atoms with Crippen molar-refractivity contribution in [1.82, 2.24) is 9.38 Å². The molecule has 84 valence electrons. The molecule has 1 unspecified atom stereocenters. The third-order valence-corrected chi connectivity index (χ3v) is 4.35. The van der Waals surface area contributed by atoms with E-state index < -0.39 is 0 Å². The highest BCUT2D eigenvalue weighted by Crippen LogP contribution is 2.39. The molecule has 0 spiro atoms. The van der Waals surface area contributed by atoms with Crippen LogP contribution in [0.3, 0.4) is 0 Å². The predicted molar refractivity (Wildman–Crippen MR) is 66.2 cm³/mol. The Balaban J connectivity index is 2.07. The molecule has 0 saturated carbocycles. The van der Waals surface area contributed by atoms with Gasteiger partial charge in [0, 0.05) is 11.4 Å². The van der Waals surface area contributed by atoms with Crippen molar-refractivity contribution in [3.8, 4) is 5.88 Å². The van der Waals surface area contributed by atoms with E-state index in [1.54, 1.807) is 7.11 Å². The molecule has 0 aromatic carbocycles. The van der Waals surface area contributed by atoms with E-state index in [0.29, 0.717) is 5.25 Å². The van der Waals surface area contributed by atoms with E-state index in [2.05, 4.69) is 11.2 Å². The Kier molecular flexibility index (Phi) is 2.52. The molecule has 1 atom stereocenters. The van der Waals surface area contributed by atoms with Gasteiger partial charge in [-0.1, -0.05) is 6.07 Å². The first-order chi connectivity index (χ1) is 7.88. The minimum Gasteiger partial charge on any atom is -0.482 e. The Bertz CT molecular complexity index is 503. The quantitative estimate of drug-likeness (QED) is 0.799. The highest BCUT2D eigenvalue weighted by molar-refractivity contribution is 7.99. The monoisotopic (exact) mass is 234 g/mol. The zero-order chi connectivity index (χ0) is 11.0. The highest BCUT2D eigenvalue weighted by atomic mass is 32.2. The molecule has 16 heavy (non-hydrogen) atoms. The predicted octanol–water partition coefficient (Wildman–Crippen LogP) is 2.91. The van der Waals surface area contributed by atoms with E-state index in [1.807, 2.05) is 34.4 Å². The smallest absolute Gasteiger partial charge is 0.198 e. The Morgan fingerprint density at radius 3 is 3.19 bits per heavy atom. The molecule has 0 bridgehead atoms. The molecule has 2 aromatic heterocycles. The van der Waals surface area contributed by atoms with Crippen LogP contribution in [0.2, 0.25) is 0 Å². The van der Waals surface area contributed by atoms with Gasteiger partial charge < -0.3 is 4.74 Å². The SMILES string of the molecule is COc1cccc2nc(C3CCCS3)cn12. The topological polar surface area (TPSA) is 26.5 Å². The van der Waals surface area contributed by atoms with Gasteiger partial charge in [-0.05, 0) is 30.7 Å². The van der Waals surface area contributed by atoms with Gasteiger partial charge in [-0.25, -0.2) is 4.98 Å². The molecule has 3 nitrogen and oxygen atoms in total. The van der Waals surface area contributed by atoms with Gasteiger partial charge in [-0.15, -0.1) is 0 Å². The number of methoxy groups -OCH3 is 1. The van der Waals surface area contributed by atoms with Gasteiger partial charge in [0.25, 0.3) is 0 Å². The van der Waals surface area contributed by atoms with Gasteiger partial charge in [0.2, 0.25) is 0 Å². The van der Waals surface area contributed by atoms with Crippen LogP contribution in [0.5, 0.6) is 5.88 Å². The van der Waals surface area contributed by atoms with Gasteiger partial charge in [0.1, 0.15) is 5.65 Å². The first-order valence-corrected chi connectivity index (χ1v) is 6.57. The lowest BCUT2D eigenvalue weighted by molar-refractivity contribution is 0.392. The molecule has 2 aromatic rings. The molecule has 0 aliphatic carbocycles. The third-order valence-electron chi connectivity index (χ3n) is 2.94. The van der Waals surface area contributed by atoms with Crippen LogP contribution in [0.4, 0.5) is 0 Å². The average molecular weight is 234 g/mol. The highest BCUT2D eigenvalue weighted by Gasteiger charge is 2.20. The number of fused-ring (bicyclic) bond motifs is 1. The van der Waals surface area contributed by atoms with Crippen molar-refractivity contribution < 1.29 is 4.74 Å². The Morgan fingerprint density at radius 2 is 2.44 bits per heavy atom. The van der Waals surface area contributed by atoms with Crippen LogP contribution >= 0.6 is 11.8 Å². The van der Waals surface area contributed by atoms with Crippen LogP contribution in [0.15, 0.2) is 24.4 Å². The van der Waals surface area contributed by atoms with Crippen molar-refractivity contribution in [3.05, 3.63) is 30.1 Å². The molecule has 1 aliphatic heterocycles. The number of nitrogens with zero attached hydrogens (tertiary/aromatic N) is 2. The summed E-state index contributed by atoms with van der Waals surface area (Å²) < 4.78 is 7.34. The van der Waals surface area contributed by atoms with Crippen LogP contribution in [0, 0.1) is 0 Å². The maximum atomic E-state index is 5.32. The average Bonchev–Trinajstić information content (AvgIpc) is 2.96. The first kappa shape index (κ1) is 10.0. The Morgan fingerprint density at radius 1 is 1.50 bits per heavy atom. The second-order valence-electron chi connectivity index (χ2n) is 3.96. The number of rotatable bonds is 2. The van der Waals surface area contributed by atoms with Gasteiger partial charge >= 0.3 is 0 Å². The summed E-state index contributed by atoms with van der Waals surface area (Å²) >= 11 is 2.01. The van der Waals surface area contributed by atoms with E-state index in [-0.39, 0.29) is 0 Å². The molecule has 0 N–H and O–H groups in total. The van der Waals surface area contributed by atoms with Gasteiger partial charge in [-0.3, -0.25) is 4.40 Å². The third kappa shape index (κ3) is 1.57. The number of thioether (sulfide) groups is 1. The van der Waals surface area contributed by atoms with E-state index in [4.69, 9.17) is 4.74 Å². The van der Waals surface area contributed by atoms with E-state index in [0.717, 1.165) is 11.5 Å². The summed E-state index contributed by atoms with van der Waals surface area (Å²) in [6.07, 6.45) is 4.66. The number of imidazole rings is 1. The lowest BCUT2D eigenvalue weighted by Gasteiger charge is -2.02. The Hall–Kier alpha value is -1.16. The molecule has 3 heterocycles. The van der Waals surface area contributed by atoms with Crippen LogP contribution in [-0.4, -0.2) is 22.2 Å². The van der Waals surface area contributed by atoms with E-state index in [9.17, 15) is 0 Å². The summed E-state index contributed by atoms with van der Waals surface area (Å²) in [4.78, 5) is 4.67. The maximum Gasteiger partial charge on any atom is 0.198 e. The zero-order valence-corrected chi connectivity index (χ0v) is 10.0. The van der Waals surface area contributed by atoms with Crippen LogP contribution in [-0.2, 0) is 0 Å². The number of aromatic nitrogens is 2. The first-order valence-electron chi connectivity index (χ1n) is 5.52. The lowest BCUT2D eigenvalue weighted by atomic mass is 10.2. The van der Waals surface area contributed by atoms with Crippen molar-refractivity contribution >= 4 is 17.4 Å². The molecule has 0 radical (unpaired) electrons. The molecule has 1 saturated heterocycles. The normalized spacial score (nSPS) is 20.4. The molecule has 1 fully saturated rings. The number of pyridine rings is 1. The van der Waals surface area contributed by atoms with E-state index >= 15 is 0 Å². The van der Waals surface area contributed by atoms with Crippen molar-refractivity contribution in [3.63, 3.8) is 0 Å². The summed E-state index contributed by atoms with van der Waals surface area (Å²) in [6, 6.07) is 5.96. The molecule has 3 rings (SSSR count). The second-order valence-corrected chi connectivity index (χ2v) is 5.27. The summed E-state index contributed by atoms with van der Waals surface area (Å²) in [7, 11) is 1.69. The molecular weight excluding hydrogens is 220 g/mol. The van der Waals surface area contributed by atoms with Crippen molar-refractivity contribution in [1.29, 1.82) is 0 Å². The van der Waals surface area contributed by atoms with Gasteiger partial charge in [-0.2, -0.15) is 11.8 Å². The molecule has 1 aliphatic rings. The fraction of sp³-hybridized carbons (Fsp3) is 0.417. The van der Waals surface area contributed by atoms with Gasteiger partial charge in [0.15, 0.2) is 5.88 Å².